The second-order valence-electron chi connectivity index (χ2n) is 4.58. The molecular weight excluding hydrogens is 281 g/mol. The van der Waals surface area contributed by atoms with Gasteiger partial charge in [-0.2, -0.15) is 0 Å². The predicted octanol–water partition coefficient (Wildman–Crippen LogP) is 3.30. The molecule has 4 N–H and O–H groups in total. The van der Waals surface area contributed by atoms with Crippen LogP contribution in [-0.4, -0.2) is 5.91 Å². The van der Waals surface area contributed by atoms with Crippen LogP contribution in [0.5, 0.6) is 0 Å². The topological polar surface area (TPSA) is 67.2 Å². The van der Waals surface area contributed by atoms with E-state index in [4.69, 9.17) is 17.3 Å². The molecule has 0 aromatic heterocycles. The van der Waals surface area contributed by atoms with Gasteiger partial charge in [-0.05, 0) is 35.9 Å². The maximum absolute atomic E-state index is 13.4. The summed E-state index contributed by atoms with van der Waals surface area (Å²) in [6.07, 6.45) is 0.329. The molecule has 2 aromatic carbocycles. The van der Waals surface area contributed by atoms with Crippen molar-refractivity contribution in [2.24, 2.45) is 0 Å². The Morgan fingerprint density at radius 3 is 2.85 bits per heavy atom. The van der Waals surface area contributed by atoms with Crippen LogP contribution < -0.4 is 16.4 Å². The molecule has 0 spiro atoms. The highest BCUT2D eigenvalue weighted by Crippen LogP contribution is 2.33. The maximum Gasteiger partial charge on any atom is 0.228 e. The number of hydrogen-bond donors (Lipinski definition) is 3. The van der Waals surface area contributed by atoms with Crippen LogP contribution in [0, 0.1) is 5.82 Å². The zero-order valence-electron chi connectivity index (χ0n) is 10.3. The summed E-state index contributed by atoms with van der Waals surface area (Å²) in [5.41, 5.74) is 9.15. The van der Waals surface area contributed by atoms with E-state index in [-0.39, 0.29) is 10.9 Å². The molecule has 102 valence electrons. The molecular formula is C14H11ClFN3O. The first-order valence-corrected chi connectivity index (χ1v) is 6.35. The summed E-state index contributed by atoms with van der Waals surface area (Å²) in [4.78, 5) is 11.3. The van der Waals surface area contributed by atoms with Gasteiger partial charge >= 0.3 is 0 Å². The Hall–Kier alpha value is -2.27. The minimum absolute atomic E-state index is 0.0599. The number of amides is 1. The predicted molar refractivity (Wildman–Crippen MR) is 77.9 cm³/mol. The van der Waals surface area contributed by atoms with Crippen molar-refractivity contribution in [2.45, 2.75) is 6.42 Å². The third-order valence-electron chi connectivity index (χ3n) is 3.10. The first-order valence-electron chi connectivity index (χ1n) is 5.97. The van der Waals surface area contributed by atoms with Crippen LogP contribution in [0.4, 0.5) is 27.1 Å². The Bertz CT molecular complexity index is 718. The molecule has 1 aliphatic rings. The van der Waals surface area contributed by atoms with E-state index in [1.165, 1.54) is 12.1 Å². The van der Waals surface area contributed by atoms with Gasteiger partial charge in [-0.25, -0.2) is 4.39 Å². The van der Waals surface area contributed by atoms with Gasteiger partial charge in [0.15, 0.2) is 0 Å². The Morgan fingerprint density at radius 2 is 2.10 bits per heavy atom. The number of nitrogen functional groups attached to an aromatic ring is 1. The molecule has 3 rings (SSSR count). The molecule has 1 amide bonds. The minimum atomic E-state index is -0.510. The Kier molecular flexibility index (Phi) is 2.99. The molecule has 0 bridgehead atoms. The van der Waals surface area contributed by atoms with Crippen LogP contribution >= 0.6 is 11.6 Å². The van der Waals surface area contributed by atoms with E-state index in [0.717, 1.165) is 11.3 Å². The fourth-order valence-electron chi connectivity index (χ4n) is 2.13. The summed E-state index contributed by atoms with van der Waals surface area (Å²) < 4.78 is 13.4. The number of anilines is 4. The van der Waals surface area contributed by atoms with Crippen LogP contribution in [-0.2, 0) is 11.2 Å². The molecule has 6 heteroatoms. The van der Waals surface area contributed by atoms with Gasteiger partial charge in [-0.1, -0.05) is 11.6 Å². The highest BCUT2D eigenvalue weighted by Gasteiger charge is 2.19. The average Bonchev–Trinajstić information content (AvgIpc) is 2.73. The molecule has 1 aliphatic heterocycles. The third-order valence-corrected chi connectivity index (χ3v) is 3.41. The molecule has 4 nitrogen and oxygen atoms in total. The van der Waals surface area contributed by atoms with Gasteiger partial charge in [-0.15, -0.1) is 0 Å². The van der Waals surface area contributed by atoms with Crippen molar-refractivity contribution in [3.05, 3.63) is 46.7 Å². The number of hydrogen-bond acceptors (Lipinski definition) is 3. The molecule has 1 heterocycles. The van der Waals surface area contributed by atoms with Crippen LogP contribution in [0.15, 0.2) is 30.3 Å². The third kappa shape index (κ3) is 2.28. The van der Waals surface area contributed by atoms with Crippen molar-refractivity contribution < 1.29 is 9.18 Å². The highest BCUT2D eigenvalue weighted by molar-refractivity contribution is 6.30. The van der Waals surface area contributed by atoms with Gasteiger partial charge in [0.05, 0.1) is 22.8 Å². The van der Waals surface area contributed by atoms with E-state index >= 15 is 0 Å². The van der Waals surface area contributed by atoms with E-state index in [2.05, 4.69) is 10.6 Å². The Labute approximate surface area is 119 Å². The smallest absolute Gasteiger partial charge is 0.228 e. The van der Waals surface area contributed by atoms with Gasteiger partial charge in [0, 0.05) is 11.4 Å². The van der Waals surface area contributed by atoms with Gasteiger partial charge in [-0.3, -0.25) is 4.79 Å². The zero-order valence-corrected chi connectivity index (χ0v) is 11.1. The highest BCUT2D eigenvalue weighted by atomic mass is 35.5. The summed E-state index contributed by atoms with van der Waals surface area (Å²) in [5, 5.41) is 5.81. The number of rotatable bonds is 2. The second kappa shape index (κ2) is 4.68. The minimum Gasteiger partial charge on any atom is -0.397 e. The number of halogens is 2. The van der Waals surface area contributed by atoms with Gasteiger partial charge in [0.2, 0.25) is 5.91 Å². The number of carbonyl (C=O) groups is 1. The van der Waals surface area contributed by atoms with Gasteiger partial charge in [0.25, 0.3) is 0 Å². The van der Waals surface area contributed by atoms with E-state index < -0.39 is 5.82 Å². The number of fused-ring (bicyclic) bond motifs is 1. The van der Waals surface area contributed by atoms with Crippen LogP contribution in [0.25, 0.3) is 0 Å². The lowest BCUT2D eigenvalue weighted by Gasteiger charge is -2.12. The van der Waals surface area contributed by atoms with Gasteiger partial charge < -0.3 is 16.4 Å². The molecule has 0 unspecified atom stereocenters. The molecule has 2 aromatic rings. The Morgan fingerprint density at radius 1 is 1.30 bits per heavy atom. The summed E-state index contributed by atoms with van der Waals surface area (Å²) in [7, 11) is 0. The summed E-state index contributed by atoms with van der Waals surface area (Å²) in [6, 6.07) is 7.87. The van der Waals surface area contributed by atoms with E-state index in [0.29, 0.717) is 23.5 Å². The van der Waals surface area contributed by atoms with Crippen LogP contribution in [0.3, 0.4) is 0 Å². The average molecular weight is 292 g/mol. The lowest BCUT2D eigenvalue weighted by atomic mass is 10.1. The molecule has 0 fully saturated rings. The molecule has 20 heavy (non-hydrogen) atoms. The molecule has 0 atom stereocenters. The molecule has 0 aliphatic carbocycles. The monoisotopic (exact) mass is 291 g/mol. The second-order valence-corrected chi connectivity index (χ2v) is 4.98. The van der Waals surface area contributed by atoms with Crippen molar-refractivity contribution in [1.82, 2.24) is 0 Å². The largest absolute Gasteiger partial charge is 0.397 e. The first kappa shape index (κ1) is 12.7. The normalized spacial score (nSPS) is 13.0. The summed E-state index contributed by atoms with van der Waals surface area (Å²) in [6.45, 7) is 0. The Balaban J connectivity index is 1.93. The SMILES string of the molecule is Nc1cc2c(cc1Nc1ccc(Cl)c(F)c1)NC(=O)C2. The first-order chi connectivity index (χ1) is 9.52. The van der Waals surface area contributed by atoms with Crippen LogP contribution in [0.2, 0.25) is 5.02 Å². The van der Waals surface area contributed by atoms with Crippen molar-refractivity contribution in [2.75, 3.05) is 16.4 Å². The molecule has 0 saturated carbocycles. The summed E-state index contributed by atoms with van der Waals surface area (Å²) >= 11 is 5.63. The lowest BCUT2D eigenvalue weighted by Crippen LogP contribution is -2.03. The number of carbonyl (C=O) groups excluding carboxylic acids is 1. The van der Waals surface area contributed by atoms with Crippen molar-refractivity contribution in [3.63, 3.8) is 0 Å². The molecule has 0 saturated heterocycles. The summed E-state index contributed by atoms with van der Waals surface area (Å²) in [5.74, 6) is -0.571. The molecule has 0 radical (unpaired) electrons. The number of nitrogens with one attached hydrogen (secondary N) is 2. The zero-order chi connectivity index (χ0) is 14.3. The number of nitrogens with two attached hydrogens (primary N) is 1. The van der Waals surface area contributed by atoms with E-state index in [1.54, 1.807) is 18.2 Å². The van der Waals surface area contributed by atoms with Crippen molar-refractivity contribution in [3.8, 4) is 0 Å². The lowest BCUT2D eigenvalue weighted by molar-refractivity contribution is -0.115. The standard InChI is InChI=1S/C14H11ClFN3O/c15-9-2-1-8(5-10(9)16)18-13-6-12-7(3-11(13)17)4-14(20)19-12/h1-3,5-6,18H,4,17H2,(H,19,20). The fourth-order valence-corrected chi connectivity index (χ4v) is 2.25. The van der Waals surface area contributed by atoms with E-state index in [1.807, 2.05) is 0 Å². The fraction of sp³-hybridized carbons (Fsp3) is 0.0714. The quantitative estimate of drug-likeness (QED) is 0.744. The number of benzene rings is 2. The van der Waals surface area contributed by atoms with Crippen molar-refractivity contribution >= 4 is 40.3 Å². The van der Waals surface area contributed by atoms with Crippen LogP contribution in [0.1, 0.15) is 5.56 Å². The van der Waals surface area contributed by atoms with Gasteiger partial charge in [0.1, 0.15) is 5.82 Å². The van der Waals surface area contributed by atoms with Crippen molar-refractivity contribution in [1.29, 1.82) is 0 Å². The van der Waals surface area contributed by atoms with E-state index in [9.17, 15) is 9.18 Å². The maximum atomic E-state index is 13.4.